The minimum atomic E-state index is -0.415. The molecule has 0 bridgehead atoms. The highest BCUT2D eigenvalue weighted by Gasteiger charge is 2.28. The van der Waals surface area contributed by atoms with Crippen molar-refractivity contribution in [1.82, 2.24) is 5.32 Å². The van der Waals surface area contributed by atoms with Crippen LogP contribution < -0.4 is 10.1 Å². The summed E-state index contributed by atoms with van der Waals surface area (Å²) in [4.78, 5) is 12.3. The van der Waals surface area contributed by atoms with Gasteiger partial charge in [-0.3, -0.25) is 0 Å². The molecule has 0 aromatic heterocycles. The second-order valence-corrected chi connectivity index (χ2v) is 12.3. The smallest absolute Gasteiger partial charge is 0.407 e. The van der Waals surface area contributed by atoms with Gasteiger partial charge in [-0.25, -0.2) is 4.79 Å². The zero-order chi connectivity index (χ0) is 38.3. The van der Waals surface area contributed by atoms with E-state index in [0.717, 1.165) is 5.75 Å². The van der Waals surface area contributed by atoms with Crippen LogP contribution in [0.4, 0.5) is 4.79 Å². The van der Waals surface area contributed by atoms with Gasteiger partial charge in [0.1, 0.15) is 19.0 Å². The fourth-order valence-corrected chi connectivity index (χ4v) is 5.61. The number of fused-ring (bicyclic) bond motifs is 3. The molecule has 55 heavy (non-hydrogen) atoms. The Kier molecular flexibility index (Phi) is 23.8. The Morgan fingerprint density at radius 2 is 0.800 bits per heavy atom. The molecule has 0 heterocycles. The summed E-state index contributed by atoms with van der Waals surface area (Å²) in [7, 11) is 0. The minimum absolute atomic E-state index is 0.0498. The molecule has 3 aromatic rings. The molecule has 0 spiro atoms. The Balaban J connectivity index is 0.787. The molecular weight excluding hydrogens is 710 g/mol. The SMILES string of the molecule is O=C(NCCCOCCOCCOCCOCCOCCOCCOCCOCCOCCOc1ccccc1)OCC1c2ccccc2-c2ccccc21. The molecule has 0 atom stereocenters. The van der Waals surface area contributed by atoms with E-state index >= 15 is 0 Å². The predicted octanol–water partition coefficient (Wildman–Crippen LogP) is 5.14. The van der Waals surface area contributed by atoms with Crippen LogP contribution >= 0.6 is 0 Å². The van der Waals surface area contributed by atoms with Crippen LogP contribution in [0.25, 0.3) is 11.1 Å². The third-order valence-corrected chi connectivity index (χ3v) is 8.29. The van der Waals surface area contributed by atoms with Gasteiger partial charge in [-0.1, -0.05) is 66.7 Å². The van der Waals surface area contributed by atoms with Crippen molar-refractivity contribution in [3.05, 3.63) is 90.0 Å². The van der Waals surface area contributed by atoms with Gasteiger partial charge in [0.05, 0.1) is 112 Å². The van der Waals surface area contributed by atoms with Crippen molar-refractivity contribution in [2.24, 2.45) is 0 Å². The Morgan fingerprint density at radius 1 is 0.436 bits per heavy atom. The average molecular weight is 770 g/mol. The number of hydrogen-bond donors (Lipinski definition) is 1. The summed E-state index contributed by atoms with van der Waals surface area (Å²) in [5.74, 6) is 0.890. The van der Waals surface area contributed by atoms with Crippen LogP contribution in [0, 0.1) is 0 Å². The van der Waals surface area contributed by atoms with Crippen LogP contribution in [0.15, 0.2) is 78.9 Å². The van der Waals surface area contributed by atoms with Crippen molar-refractivity contribution in [2.45, 2.75) is 12.3 Å². The maximum Gasteiger partial charge on any atom is 0.407 e. The van der Waals surface area contributed by atoms with Crippen molar-refractivity contribution >= 4 is 6.09 Å². The van der Waals surface area contributed by atoms with Gasteiger partial charge in [-0.2, -0.15) is 0 Å². The molecule has 0 saturated heterocycles. The molecule has 1 N–H and O–H groups in total. The number of benzene rings is 3. The lowest BCUT2D eigenvalue weighted by Gasteiger charge is -2.14. The molecule has 1 amide bonds. The van der Waals surface area contributed by atoms with Crippen molar-refractivity contribution in [3.8, 4) is 16.9 Å². The Labute approximate surface area is 325 Å². The van der Waals surface area contributed by atoms with Gasteiger partial charge in [-0.15, -0.1) is 0 Å². The van der Waals surface area contributed by atoms with Crippen LogP contribution in [0.2, 0.25) is 0 Å². The highest BCUT2D eigenvalue weighted by atomic mass is 16.6. The van der Waals surface area contributed by atoms with Crippen molar-refractivity contribution in [3.63, 3.8) is 0 Å². The van der Waals surface area contributed by atoms with E-state index in [1.54, 1.807) is 0 Å². The largest absolute Gasteiger partial charge is 0.491 e. The standard InChI is InChI=1S/C42H59NO12/c44-42(55-35-41-39-13-6-4-11-37(39)38-12-5-7-14-40(38)41)43-15-8-16-45-17-18-46-19-20-47-21-22-48-23-24-49-25-26-50-27-28-51-29-30-52-31-32-53-33-34-54-36-9-2-1-3-10-36/h1-7,9-14,41H,8,15-35H2,(H,43,44). The number of carbonyl (C=O) groups excluding carboxylic acids is 1. The number of para-hydroxylation sites is 1. The second kappa shape index (κ2) is 29.6. The lowest BCUT2D eigenvalue weighted by Crippen LogP contribution is -2.27. The van der Waals surface area contributed by atoms with Crippen molar-refractivity contribution in [2.75, 3.05) is 139 Å². The minimum Gasteiger partial charge on any atom is -0.491 e. The van der Waals surface area contributed by atoms with Gasteiger partial charge in [0, 0.05) is 19.1 Å². The number of hydrogen-bond acceptors (Lipinski definition) is 12. The Hall–Kier alpha value is -3.63. The van der Waals surface area contributed by atoms with E-state index < -0.39 is 6.09 Å². The van der Waals surface area contributed by atoms with Gasteiger partial charge in [0.25, 0.3) is 0 Å². The molecule has 3 aromatic carbocycles. The molecule has 304 valence electrons. The Bertz CT molecular complexity index is 1350. The monoisotopic (exact) mass is 769 g/mol. The van der Waals surface area contributed by atoms with Gasteiger partial charge in [-0.05, 0) is 40.8 Å². The highest BCUT2D eigenvalue weighted by Crippen LogP contribution is 2.44. The van der Waals surface area contributed by atoms with Gasteiger partial charge < -0.3 is 57.4 Å². The quantitative estimate of drug-likeness (QED) is 0.0808. The number of rotatable bonds is 34. The summed E-state index contributed by atoms with van der Waals surface area (Å²) >= 11 is 0. The Morgan fingerprint density at radius 3 is 1.24 bits per heavy atom. The lowest BCUT2D eigenvalue weighted by molar-refractivity contribution is -0.0254. The number of amides is 1. The van der Waals surface area contributed by atoms with E-state index in [9.17, 15) is 4.79 Å². The topological polar surface area (TPSA) is 131 Å². The first-order chi connectivity index (χ1) is 27.3. The third kappa shape index (κ3) is 19.2. The van der Waals surface area contributed by atoms with Crippen LogP contribution in [0.1, 0.15) is 23.5 Å². The molecule has 0 fully saturated rings. The van der Waals surface area contributed by atoms with Crippen LogP contribution in [0.3, 0.4) is 0 Å². The summed E-state index contributed by atoms with van der Waals surface area (Å²) in [6.07, 6.45) is 0.270. The average Bonchev–Trinajstić information content (AvgIpc) is 3.54. The molecule has 4 rings (SSSR count). The lowest BCUT2D eigenvalue weighted by atomic mass is 9.98. The van der Waals surface area contributed by atoms with E-state index in [-0.39, 0.29) is 5.92 Å². The zero-order valence-corrected chi connectivity index (χ0v) is 32.0. The molecule has 0 aliphatic heterocycles. The second-order valence-electron chi connectivity index (χ2n) is 12.3. The zero-order valence-electron chi connectivity index (χ0n) is 32.0. The fraction of sp³-hybridized carbons (Fsp3) is 0.548. The van der Waals surface area contributed by atoms with E-state index in [0.29, 0.717) is 145 Å². The first-order valence-electron chi connectivity index (χ1n) is 19.3. The summed E-state index contributed by atoms with van der Waals surface area (Å²) in [6.45, 7) is 10.3. The molecule has 0 saturated carbocycles. The van der Waals surface area contributed by atoms with Crippen LogP contribution in [0.5, 0.6) is 5.75 Å². The summed E-state index contributed by atoms with van der Waals surface area (Å²) in [6, 6.07) is 26.2. The molecular formula is C42H59NO12. The first kappa shape index (κ1) is 44.1. The number of nitrogens with one attached hydrogen (secondary N) is 1. The van der Waals surface area contributed by atoms with E-state index in [1.165, 1.54) is 22.3 Å². The highest BCUT2D eigenvalue weighted by molar-refractivity contribution is 5.79. The van der Waals surface area contributed by atoms with Gasteiger partial charge >= 0.3 is 6.09 Å². The number of alkyl carbamates (subject to hydrolysis) is 1. The maximum atomic E-state index is 12.3. The third-order valence-electron chi connectivity index (χ3n) is 8.29. The van der Waals surface area contributed by atoms with Crippen LogP contribution in [-0.4, -0.2) is 145 Å². The maximum absolute atomic E-state index is 12.3. The molecule has 1 aliphatic carbocycles. The molecule has 0 unspecified atom stereocenters. The van der Waals surface area contributed by atoms with Gasteiger partial charge in [0.15, 0.2) is 0 Å². The summed E-state index contributed by atoms with van der Waals surface area (Å²) in [5, 5.41) is 2.81. The summed E-state index contributed by atoms with van der Waals surface area (Å²) < 4.78 is 60.7. The van der Waals surface area contributed by atoms with E-state index in [4.69, 9.17) is 52.1 Å². The molecule has 0 radical (unpaired) electrons. The van der Waals surface area contributed by atoms with Crippen molar-refractivity contribution in [1.29, 1.82) is 0 Å². The predicted molar refractivity (Wildman–Crippen MR) is 207 cm³/mol. The summed E-state index contributed by atoms with van der Waals surface area (Å²) in [5.41, 5.74) is 4.81. The van der Waals surface area contributed by atoms with E-state index in [2.05, 4.69) is 29.6 Å². The number of carbonyl (C=O) groups is 1. The number of ether oxygens (including phenoxy) is 11. The fourth-order valence-electron chi connectivity index (χ4n) is 5.61. The van der Waals surface area contributed by atoms with Crippen LogP contribution in [-0.2, 0) is 47.4 Å². The van der Waals surface area contributed by atoms with Gasteiger partial charge in [0.2, 0.25) is 0 Å². The normalized spacial score (nSPS) is 12.1. The van der Waals surface area contributed by atoms with E-state index in [1.807, 2.05) is 54.6 Å². The molecule has 1 aliphatic rings. The molecule has 13 nitrogen and oxygen atoms in total. The first-order valence-corrected chi connectivity index (χ1v) is 19.3. The van der Waals surface area contributed by atoms with Crippen molar-refractivity contribution < 1.29 is 56.9 Å². The molecule has 13 heteroatoms.